The molecule has 2 rings (SSSR count). The number of hydrogen-bond acceptors (Lipinski definition) is 4. The minimum Gasteiger partial charge on any atom is -0.496 e. The van der Waals surface area contributed by atoms with Crippen molar-refractivity contribution in [1.29, 1.82) is 0 Å². The Morgan fingerprint density at radius 1 is 1.08 bits per heavy atom. The highest BCUT2D eigenvalue weighted by Crippen LogP contribution is 2.30. The first-order chi connectivity index (χ1) is 11.7. The monoisotopic (exact) mass is 345 g/mol. The van der Waals surface area contributed by atoms with E-state index in [1.165, 1.54) is 7.11 Å². The summed E-state index contributed by atoms with van der Waals surface area (Å²) >= 11 is 0. The molecular formula is C18H23N3O4. The molecule has 2 amide bonds. The van der Waals surface area contributed by atoms with Crippen molar-refractivity contribution in [2.75, 3.05) is 7.11 Å². The van der Waals surface area contributed by atoms with Crippen LogP contribution in [0.1, 0.15) is 36.8 Å². The lowest BCUT2D eigenvalue weighted by Gasteiger charge is -2.19. The van der Waals surface area contributed by atoms with Crippen molar-refractivity contribution in [1.82, 2.24) is 15.8 Å². The molecule has 0 atom stereocenters. The van der Waals surface area contributed by atoms with Crippen LogP contribution in [0, 0.1) is 6.92 Å². The summed E-state index contributed by atoms with van der Waals surface area (Å²) in [5, 5.41) is 0. The van der Waals surface area contributed by atoms with Gasteiger partial charge in [-0.15, -0.1) is 0 Å². The third-order valence-electron chi connectivity index (χ3n) is 3.26. The molecule has 3 N–H and O–H groups in total. The number of hydrogen-bond donors (Lipinski definition) is 3. The standard InChI is InChI=1S/C18H23N3O4/c1-11-6-9-14(19-11)13-8-7-12(10-15(13)24-5)16(22)20-21-17(23)25-18(2,3)4/h6-10,19H,1-5H3,(H,20,22)(H,21,23). The van der Waals surface area contributed by atoms with E-state index in [4.69, 9.17) is 9.47 Å². The second-order valence-electron chi connectivity index (χ2n) is 6.55. The number of carbonyl (C=O) groups is 2. The van der Waals surface area contributed by atoms with Crippen molar-refractivity contribution in [3.63, 3.8) is 0 Å². The molecule has 134 valence electrons. The fraction of sp³-hybridized carbons (Fsp3) is 0.333. The average molecular weight is 345 g/mol. The molecule has 0 bridgehead atoms. The summed E-state index contributed by atoms with van der Waals surface area (Å²) in [6.07, 6.45) is -0.730. The van der Waals surface area contributed by atoms with Crippen LogP contribution < -0.4 is 15.6 Å². The molecule has 0 aliphatic carbocycles. The summed E-state index contributed by atoms with van der Waals surface area (Å²) in [6, 6.07) is 8.95. The summed E-state index contributed by atoms with van der Waals surface area (Å²) < 4.78 is 10.4. The summed E-state index contributed by atoms with van der Waals surface area (Å²) in [5.74, 6) is 0.0742. The van der Waals surface area contributed by atoms with Gasteiger partial charge in [0.2, 0.25) is 0 Å². The lowest BCUT2D eigenvalue weighted by molar-refractivity contribution is 0.0483. The Kier molecular flexibility index (Phi) is 5.36. The van der Waals surface area contributed by atoms with Gasteiger partial charge >= 0.3 is 6.09 Å². The number of hydrazine groups is 1. The normalized spacial score (nSPS) is 10.9. The van der Waals surface area contributed by atoms with Crippen molar-refractivity contribution in [3.8, 4) is 17.0 Å². The van der Waals surface area contributed by atoms with Gasteiger partial charge in [0.1, 0.15) is 11.4 Å². The van der Waals surface area contributed by atoms with Gasteiger partial charge in [-0.2, -0.15) is 0 Å². The molecule has 0 saturated heterocycles. The molecule has 1 heterocycles. The number of benzene rings is 1. The maximum absolute atomic E-state index is 12.2. The van der Waals surface area contributed by atoms with E-state index in [1.54, 1.807) is 39.0 Å². The van der Waals surface area contributed by atoms with Gasteiger partial charge < -0.3 is 14.5 Å². The van der Waals surface area contributed by atoms with Crippen LogP contribution in [-0.4, -0.2) is 29.7 Å². The van der Waals surface area contributed by atoms with Crippen LogP contribution in [0.25, 0.3) is 11.3 Å². The molecule has 1 aromatic heterocycles. The first kappa shape index (κ1) is 18.4. The highest BCUT2D eigenvalue weighted by Gasteiger charge is 2.17. The predicted molar refractivity (Wildman–Crippen MR) is 94.4 cm³/mol. The van der Waals surface area contributed by atoms with Gasteiger partial charge in [0.25, 0.3) is 5.91 Å². The number of aromatic nitrogens is 1. The Morgan fingerprint density at radius 3 is 2.36 bits per heavy atom. The average Bonchev–Trinajstić information content (AvgIpc) is 2.96. The van der Waals surface area contributed by atoms with E-state index in [-0.39, 0.29) is 0 Å². The summed E-state index contributed by atoms with van der Waals surface area (Å²) in [7, 11) is 1.54. The van der Waals surface area contributed by atoms with E-state index in [0.29, 0.717) is 11.3 Å². The Balaban J connectivity index is 2.09. The third-order valence-corrected chi connectivity index (χ3v) is 3.26. The molecule has 25 heavy (non-hydrogen) atoms. The minimum atomic E-state index is -0.730. The van der Waals surface area contributed by atoms with Crippen molar-refractivity contribution in [2.45, 2.75) is 33.3 Å². The molecule has 7 nitrogen and oxygen atoms in total. The first-order valence-corrected chi connectivity index (χ1v) is 7.83. The van der Waals surface area contributed by atoms with Crippen molar-refractivity contribution in [3.05, 3.63) is 41.6 Å². The van der Waals surface area contributed by atoms with Gasteiger partial charge in [0.15, 0.2) is 0 Å². The molecule has 2 aromatic rings. The van der Waals surface area contributed by atoms with E-state index in [1.807, 2.05) is 19.1 Å². The number of aromatic amines is 1. The summed E-state index contributed by atoms with van der Waals surface area (Å²) in [4.78, 5) is 27.0. The number of H-pyrrole nitrogens is 1. The smallest absolute Gasteiger partial charge is 0.426 e. The van der Waals surface area contributed by atoms with Gasteiger partial charge in [-0.25, -0.2) is 10.2 Å². The number of aryl methyl sites for hydroxylation is 1. The van der Waals surface area contributed by atoms with Crippen molar-refractivity contribution < 1.29 is 19.1 Å². The molecule has 0 fully saturated rings. The lowest BCUT2D eigenvalue weighted by atomic mass is 10.1. The number of rotatable bonds is 3. The van der Waals surface area contributed by atoms with Crippen LogP contribution in [0.3, 0.4) is 0 Å². The molecule has 0 unspecified atom stereocenters. The number of methoxy groups -OCH3 is 1. The van der Waals surface area contributed by atoms with E-state index < -0.39 is 17.6 Å². The Morgan fingerprint density at radius 2 is 1.80 bits per heavy atom. The predicted octanol–water partition coefficient (Wildman–Crippen LogP) is 3.17. The van der Waals surface area contributed by atoms with Gasteiger partial charge in [-0.05, 0) is 58.0 Å². The summed E-state index contributed by atoms with van der Waals surface area (Å²) in [6.45, 7) is 7.17. The largest absolute Gasteiger partial charge is 0.496 e. The lowest BCUT2D eigenvalue weighted by Crippen LogP contribution is -2.44. The Hall–Kier alpha value is -2.96. The molecular weight excluding hydrogens is 322 g/mol. The maximum atomic E-state index is 12.2. The number of ether oxygens (including phenoxy) is 2. The molecule has 0 spiro atoms. The third kappa shape index (κ3) is 5.00. The van der Waals surface area contributed by atoms with Crippen molar-refractivity contribution >= 4 is 12.0 Å². The summed E-state index contributed by atoms with van der Waals surface area (Å²) in [5.41, 5.74) is 6.99. The topological polar surface area (TPSA) is 92.5 Å². The SMILES string of the molecule is COc1cc(C(=O)NNC(=O)OC(C)(C)C)ccc1-c1ccc(C)[nH]1. The van der Waals surface area contributed by atoms with Crippen LogP contribution in [0.4, 0.5) is 4.79 Å². The van der Waals surface area contributed by atoms with Crippen LogP contribution in [0.15, 0.2) is 30.3 Å². The van der Waals surface area contributed by atoms with E-state index in [0.717, 1.165) is 17.0 Å². The number of carbonyl (C=O) groups excluding carboxylic acids is 2. The van der Waals surface area contributed by atoms with Crippen LogP contribution in [-0.2, 0) is 4.74 Å². The highest BCUT2D eigenvalue weighted by atomic mass is 16.6. The molecule has 1 aromatic carbocycles. The first-order valence-electron chi connectivity index (χ1n) is 7.83. The van der Waals surface area contributed by atoms with Gasteiger partial charge in [0.05, 0.1) is 7.11 Å². The van der Waals surface area contributed by atoms with Crippen molar-refractivity contribution in [2.24, 2.45) is 0 Å². The van der Waals surface area contributed by atoms with Crippen LogP contribution in [0.2, 0.25) is 0 Å². The van der Waals surface area contributed by atoms with E-state index in [2.05, 4.69) is 15.8 Å². The zero-order valence-electron chi connectivity index (χ0n) is 15.0. The molecule has 0 radical (unpaired) electrons. The van der Waals surface area contributed by atoms with Gasteiger partial charge in [-0.3, -0.25) is 10.2 Å². The minimum absolute atomic E-state index is 0.347. The maximum Gasteiger partial charge on any atom is 0.426 e. The Labute approximate surface area is 146 Å². The fourth-order valence-electron chi connectivity index (χ4n) is 2.20. The second-order valence-corrected chi connectivity index (χ2v) is 6.55. The molecule has 0 aliphatic rings. The molecule has 0 aliphatic heterocycles. The highest BCUT2D eigenvalue weighted by molar-refractivity contribution is 5.96. The zero-order chi connectivity index (χ0) is 18.6. The fourth-order valence-corrected chi connectivity index (χ4v) is 2.20. The van der Waals surface area contributed by atoms with Crippen LogP contribution in [0.5, 0.6) is 5.75 Å². The van der Waals surface area contributed by atoms with Gasteiger partial charge in [0, 0.05) is 22.5 Å². The van der Waals surface area contributed by atoms with Crippen LogP contribution >= 0.6 is 0 Å². The van der Waals surface area contributed by atoms with Gasteiger partial charge in [-0.1, -0.05) is 0 Å². The van der Waals surface area contributed by atoms with E-state index >= 15 is 0 Å². The number of amides is 2. The Bertz CT molecular complexity index is 775. The molecule has 0 saturated carbocycles. The number of nitrogens with one attached hydrogen (secondary N) is 3. The van der Waals surface area contributed by atoms with E-state index in [9.17, 15) is 9.59 Å². The quantitative estimate of drug-likeness (QED) is 0.745. The molecule has 7 heteroatoms. The second kappa shape index (κ2) is 7.29. The zero-order valence-corrected chi connectivity index (χ0v) is 15.0.